The third-order valence-electron chi connectivity index (χ3n) is 2.55. The van der Waals surface area contributed by atoms with Crippen molar-refractivity contribution in [1.82, 2.24) is 0 Å². The normalized spacial score (nSPS) is 10.7. The SMILES string of the molecule is NCCc1cc(F)cc(Oc2cc(Br)cc(F)c2F)c1. The lowest BCUT2D eigenvalue weighted by Gasteiger charge is -2.09. The highest BCUT2D eigenvalue weighted by atomic mass is 79.9. The number of benzene rings is 2. The molecule has 0 saturated heterocycles. The minimum Gasteiger partial charge on any atom is -0.454 e. The minimum atomic E-state index is -1.13. The molecular formula is C14H11BrF3NO. The highest BCUT2D eigenvalue weighted by molar-refractivity contribution is 9.10. The summed E-state index contributed by atoms with van der Waals surface area (Å²) in [5.74, 6) is -2.93. The van der Waals surface area contributed by atoms with Crippen LogP contribution in [0.1, 0.15) is 5.56 Å². The van der Waals surface area contributed by atoms with Crippen molar-refractivity contribution in [2.45, 2.75) is 6.42 Å². The zero-order valence-corrected chi connectivity index (χ0v) is 11.9. The Balaban J connectivity index is 2.34. The number of hydrogen-bond donors (Lipinski definition) is 1. The number of nitrogens with two attached hydrogens (primary N) is 1. The van der Waals surface area contributed by atoms with Crippen LogP contribution in [0.15, 0.2) is 34.8 Å². The van der Waals surface area contributed by atoms with Crippen LogP contribution in [0.5, 0.6) is 11.5 Å². The van der Waals surface area contributed by atoms with Gasteiger partial charge in [-0.1, -0.05) is 15.9 Å². The van der Waals surface area contributed by atoms with Gasteiger partial charge in [0.15, 0.2) is 11.6 Å². The van der Waals surface area contributed by atoms with E-state index >= 15 is 0 Å². The molecule has 0 spiro atoms. The maximum atomic E-state index is 13.6. The number of halogens is 4. The molecule has 0 aromatic heterocycles. The monoisotopic (exact) mass is 345 g/mol. The molecule has 0 aliphatic rings. The van der Waals surface area contributed by atoms with E-state index in [0.29, 0.717) is 23.0 Å². The summed E-state index contributed by atoms with van der Waals surface area (Å²) in [6, 6.07) is 6.20. The summed E-state index contributed by atoms with van der Waals surface area (Å²) in [4.78, 5) is 0. The third-order valence-corrected chi connectivity index (χ3v) is 3.01. The topological polar surface area (TPSA) is 35.2 Å². The van der Waals surface area contributed by atoms with Gasteiger partial charge >= 0.3 is 0 Å². The summed E-state index contributed by atoms with van der Waals surface area (Å²) in [5.41, 5.74) is 6.02. The van der Waals surface area contributed by atoms with Crippen molar-refractivity contribution < 1.29 is 17.9 Å². The van der Waals surface area contributed by atoms with Gasteiger partial charge in [-0.2, -0.15) is 4.39 Å². The lowest BCUT2D eigenvalue weighted by atomic mass is 10.1. The molecule has 0 unspecified atom stereocenters. The molecule has 0 radical (unpaired) electrons. The molecule has 0 aliphatic carbocycles. The van der Waals surface area contributed by atoms with Gasteiger partial charge in [0.05, 0.1) is 0 Å². The molecule has 0 amide bonds. The molecule has 106 valence electrons. The van der Waals surface area contributed by atoms with Crippen LogP contribution in [0, 0.1) is 17.5 Å². The molecule has 20 heavy (non-hydrogen) atoms. The zero-order chi connectivity index (χ0) is 14.7. The average molecular weight is 346 g/mol. The summed E-state index contributed by atoms with van der Waals surface area (Å²) in [6.07, 6.45) is 0.462. The van der Waals surface area contributed by atoms with Gasteiger partial charge in [0.25, 0.3) is 0 Å². The molecule has 0 aliphatic heterocycles. The predicted molar refractivity (Wildman–Crippen MR) is 73.3 cm³/mol. The van der Waals surface area contributed by atoms with Gasteiger partial charge in [0.1, 0.15) is 11.6 Å². The zero-order valence-electron chi connectivity index (χ0n) is 10.3. The standard InChI is InChI=1S/C14H11BrF3NO/c15-9-5-12(17)14(18)13(6-9)20-11-4-8(1-2-19)3-10(16)7-11/h3-7H,1-2,19H2. The molecule has 2 N–H and O–H groups in total. The van der Waals surface area contributed by atoms with Crippen LogP contribution >= 0.6 is 15.9 Å². The van der Waals surface area contributed by atoms with Crippen molar-refractivity contribution in [1.29, 1.82) is 0 Å². The molecule has 6 heteroatoms. The fraction of sp³-hybridized carbons (Fsp3) is 0.143. The summed E-state index contributed by atoms with van der Waals surface area (Å²) in [5, 5.41) is 0. The van der Waals surface area contributed by atoms with E-state index in [1.165, 1.54) is 18.2 Å². The van der Waals surface area contributed by atoms with E-state index in [2.05, 4.69) is 15.9 Å². The Morgan fingerprint density at radius 3 is 2.50 bits per heavy atom. The molecule has 0 heterocycles. The van der Waals surface area contributed by atoms with Crippen molar-refractivity contribution >= 4 is 15.9 Å². The van der Waals surface area contributed by atoms with E-state index in [-0.39, 0.29) is 11.5 Å². The summed E-state index contributed by atoms with van der Waals surface area (Å²) >= 11 is 3.04. The Bertz CT molecular complexity index is 634. The van der Waals surface area contributed by atoms with Crippen molar-refractivity contribution in [3.8, 4) is 11.5 Å². The first-order chi connectivity index (χ1) is 9.49. The Morgan fingerprint density at radius 2 is 1.80 bits per heavy atom. The van der Waals surface area contributed by atoms with Gasteiger partial charge < -0.3 is 10.5 Å². The largest absolute Gasteiger partial charge is 0.454 e. The van der Waals surface area contributed by atoms with Crippen LogP contribution in [0.2, 0.25) is 0 Å². The number of rotatable bonds is 4. The second-order valence-corrected chi connectivity index (χ2v) is 5.05. The fourth-order valence-electron chi connectivity index (χ4n) is 1.72. The number of ether oxygens (including phenoxy) is 1. The Hall–Kier alpha value is -1.53. The van der Waals surface area contributed by atoms with Gasteiger partial charge in [-0.15, -0.1) is 0 Å². The molecule has 2 aromatic rings. The Kier molecular flexibility index (Phi) is 4.67. The van der Waals surface area contributed by atoms with Gasteiger partial charge in [0.2, 0.25) is 5.82 Å². The van der Waals surface area contributed by atoms with Crippen LogP contribution < -0.4 is 10.5 Å². The van der Waals surface area contributed by atoms with Crippen LogP contribution in [0.4, 0.5) is 13.2 Å². The summed E-state index contributed by atoms with van der Waals surface area (Å²) in [7, 11) is 0. The van der Waals surface area contributed by atoms with Crippen LogP contribution in [0.3, 0.4) is 0 Å². The van der Waals surface area contributed by atoms with Crippen LogP contribution in [-0.4, -0.2) is 6.54 Å². The molecule has 0 bridgehead atoms. The average Bonchev–Trinajstić information content (AvgIpc) is 2.35. The summed E-state index contributed by atoms with van der Waals surface area (Å²) < 4.78 is 45.8. The highest BCUT2D eigenvalue weighted by Gasteiger charge is 2.13. The van der Waals surface area contributed by atoms with E-state index in [1.807, 2.05) is 0 Å². The summed E-state index contributed by atoms with van der Waals surface area (Å²) in [6.45, 7) is 0.350. The lowest BCUT2D eigenvalue weighted by molar-refractivity contribution is 0.413. The maximum absolute atomic E-state index is 13.6. The van der Waals surface area contributed by atoms with Gasteiger partial charge in [-0.05, 0) is 42.8 Å². The first-order valence-electron chi connectivity index (χ1n) is 5.81. The van der Waals surface area contributed by atoms with Crippen LogP contribution in [-0.2, 0) is 6.42 Å². The molecule has 0 saturated carbocycles. The van der Waals surface area contributed by atoms with Gasteiger partial charge in [0, 0.05) is 10.5 Å². The predicted octanol–water partition coefficient (Wildman–Crippen LogP) is 4.16. The molecule has 2 nitrogen and oxygen atoms in total. The van der Waals surface area contributed by atoms with Gasteiger partial charge in [-0.3, -0.25) is 0 Å². The second kappa shape index (κ2) is 6.28. The second-order valence-electron chi connectivity index (χ2n) is 4.14. The molecule has 0 atom stereocenters. The molecular weight excluding hydrogens is 335 g/mol. The smallest absolute Gasteiger partial charge is 0.201 e. The van der Waals surface area contributed by atoms with Crippen molar-refractivity contribution in [3.05, 3.63) is 57.8 Å². The fourth-order valence-corrected chi connectivity index (χ4v) is 2.13. The van der Waals surface area contributed by atoms with Crippen molar-refractivity contribution in [2.24, 2.45) is 5.73 Å². The first kappa shape index (κ1) is 14.9. The molecule has 0 fully saturated rings. The highest BCUT2D eigenvalue weighted by Crippen LogP contribution is 2.30. The van der Waals surface area contributed by atoms with Crippen molar-refractivity contribution in [2.75, 3.05) is 6.54 Å². The van der Waals surface area contributed by atoms with E-state index in [0.717, 1.165) is 12.1 Å². The minimum absolute atomic E-state index is 0.0878. The van der Waals surface area contributed by atoms with E-state index in [1.54, 1.807) is 0 Å². The first-order valence-corrected chi connectivity index (χ1v) is 6.61. The molecule has 2 rings (SSSR count). The van der Waals surface area contributed by atoms with Gasteiger partial charge in [-0.25, -0.2) is 8.78 Å². The van der Waals surface area contributed by atoms with E-state index in [4.69, 9.17) is 10.5 Å². The van der Waals surface area contributed by atoms with E-state index < -0.39 is 17.5 Å². The third kappa shape index (κ3) is 3.52. The van der Waals surface area contributed by atoms with Crippen molar-refractivity contribution in [3.63, 3.8) is 0 Å². The Morgan fingerprint density at radius 1 is 1.05 bits per heavy atom. The lowest BCUT2D eigenvalue weighted by Crippen LogP contribution is -2.03. The molecule has 2 aromatic carbocycles. The maximum Gasteiger partial charge on any atom is 0.201 e. The Labute approximate surface area is 122 Å². The quantitative estimate of drug-likeness (QED) is 0.844. The number of hydrogen-bond acceptors (Lipinski definition) is 2. The van der Waals surface area contributed by atoms with E-state index in [9.17, 15) is 13.2 Å². The van der Waals surface area contributed by atoms with Crippen LogP contribution in [0.25, 0.3) is 0 Å².